The molecule has 6 atom stereocenters. The summed E-state index contributed by atoms with van der Waals surface area (Å²) in [6.07, 6.45) is 8.54. The first-order valence-electron chi connectivity index (χ1n) is 23.3. The number of likely N-dealkylation sites (N-methyl/N-ethyl adjacent to an activating group) is 1. The Labute approximate surface area is 412 Å². The molecule has 3 amide bonds. The van der Waals surface area contributed by atoms with Crippen LogP contribution in [-0.2, 0) is 27.2 Å². The molecule has 4 heterocycles. The van der Waals surface area contributed by atoms with Crippen LogP contribution in [0.15, 0.2) is 76.3 Å². The fourth-order valence-corrected chi connectivity index (χ4v) is 10.1. The van der Waals surface area contributed by atoms with Crippen molar-refractivity contribution < 1.29 is 28.7 Å². The highest BCUT2D eigenvalue weighted by Crippen LogP contribution is 2.43. The van der Waals surface area contributed by atoms with Gasteiger partial charge in [-0.3, -0.25) is 24.1 Å². The molecule has 0 saturated carbocycles. The minimum atomic E-state index is -0.522. The summed E-state index contributed by atoms with van der Waals surface area (Å²) >= 11 is 23.3. The Bertz CT molecular complexity index is 2230. The standard InChI is InChI=1S/C23H26Cl2N2O3.C18H26N2O2.C7H4Cl2O.2C2H6/c1-13-3-8-20(26-22(28)15-4-7-18(24)19(25)12-15)23(29)27-10-9-14-11-16(30-2)5-6-17(14)21(13)27;1-5-7-15-18(21)20-11-10-13-14(8-6-9-16(13)22-4)17(20)12(2)19(15)3;8-6-2-1-5(4-10)3-7(6)9;2*1-2/h5-6,11-13,20-21H,3-4,7-10H2,1-2H3,(H,26,28);6,8-9,12,15,17H,5,7,10-11H2,1-4H3;1-4H;2*1-2H3. The lowest BCUT2D eigenvalue weighted by molar-refractivity contribution is -0.150. The van der Waals surface area contributed by atoms with Crippen molar-refractivity contribution in [3.05, 3.63) is 114 Å². The lowest BCUT2D eigenvalue weighted by Gasteiger charge is -2.51. The summed E-state index contributed by atoms with van der Waals surface area (Å²) in [4.78, 5) is 55.6. The molecule has 0 spiro atoms. The summed E-state index contributed by atoms with van der Waals surface area (Å²) in [6, 6.07) is 17.1. The van der Waals surface area contributed by atoms with Crippen molar-refractivity contribution in [3.63, 3.8) is 0 Å². The summed E-state index contributed by atoms with van der Waals surface area (Å²) in [5.74, 6) is 2.15. The Morgan fingerprint density at radius 2 is 1.50 bits per heavy atom. The Morgan fingerprint density at radius 1 is 0.803 bits per heavy atom. The molecule has 4 aliphatic heterocycles. The van der Waals surface area contributed by atoms with Gasteiger partial charge in [-0.05, 0) is 118 Å². The number of allylic oxidation sites excluding steroid dienone is 3. The molecule has 2 fully saturated rings. The zero-order valence-corrected chi connectivity index (χ0v) is 43.2. The van der Waals surface area contributed by atoms with Gasteiger partial charge < -0.3 is 24.6 Å². The van der Waals surface area contributed by atoms with Gasteiger partial charge in [-0.1, -0.05) is 119 Å². The van der Waals surface area contributed by atoms with Crippen LogP contribution in [-0.4, -0.2) is 91.2 Å². The second kappa shape index (κ2) is 25.9. The molecule has 0 bridgehead atoms. The highest BCUT2D eigenvalue weighted by atomic mass is 35.5. The van der Waals surface area contributed by atoms with Gasteiger partial charge in [0.05, 0.1) is 47.4 Å². The number of amides is 3. The van der Waals surface area contributed by atoms with Crippen molar-refractivity contribution >= 4 is 70.4 Å². The van der Waals surface area contributed by atoms with E-state index in [0.717, 1.165) is 56.4 Å². The number of nitrogens with zero attached hydrogens (tertiary/aromatic N) is 3. The lowest BCUT2D eigenvalue weighted by atomic mass is 9.84. The maximum absolute atomic E-state index is 13.4. The molecule has 360 valence electrons. The Balaban J connectivity index is 0.000000231. The van der Waals surface area contributed by atoms with E-state index < -0.39 is 6.04 Å². The van der Waals surface area contributed by atoms with Gasteiger partial charge in [-0.2, -0.15) is 0 Å². The van der Waals surface area contributed by atoms with Gasteiger partial charge in [0.25, 0.3) is 0 Å². The van der Waals surface area contributed by atoms with Crippen molar-refractivity contribution in [2.24, 2.45) is 5.92 Å². The second-order valence-electron chi connectivity index (χ2n) is 16.6. The van der Waals surface area contributed by atoms with Crippen molar-refractivity contribution in [2.75, 3.05) is 34.4 Å². The summed E-state index contributed by atoms with van der Waals surface area (Å²) in [5.41, 5.74) is 6.07. The second-order valence-corrected chi connectivity index (χ2v) is 18.2. The van der Waals surface area contributed by atoms with E-state index >= 15 is 0 Å². The van der Waals surface area contributed by atoms with Gasteiger partial charge in [0.2, 0.25) is 17.7 Å². The van der Waals surface area contributed by atoms with Crippen molar-refractivity contribution in [2.45, 2.75) is 130 Å². The maximum atomic E-state index is 13.4. The van der Waals surface area contributed by atoms with E-state index in [0.29, 0.717) is 74.9 Å². The number of benzene rings is 3. The van der Waals surface area contributed by atoms with Crippen LogP contribution in [0.25, 0.3) is 0 Å². The van der Waals surface area contributed by atoms with E-state index in [-0.39, 0.29) is 29.9 Å². The number of hydrogen-bond acceptors (Lipinski definition) is 7. The average molecular weight is 987 g/mol. The number of methoxy groups -OCH3 is 2. The van der Waals surface area contributed by atoms with Gasteiger partial charge in [-0.15, -0.1) is 0 Å². The van der Waals surface area contributed by atoms with E-state index in [1.807, 2.05) is 50.8 Å². The Hall–Kier alpha value is -4.06. The topological polar surface area (TPSA) is 108 Å². The third-order valence-electron chi connectivity index (χ3n) is 12.9. The van der Waals surface area contributed by atoms with Gasteiger partial charge in [-0.25, -0.2) is 0 Å². The first-order chi connectivity index (χ1) is 31.7. The molecule has 1 N–H and O–H groups in total. The molecule has 0 aromatic heterocycles. The maximum Gasteiger partial charge on any atom is 0.247 e. The quantitative estimate of drug-likeness (QED) is 0.235. The lowest BCUT2D eigenvalue weighted by Crippen LogP contribution is -2.62. The van der Waals surface area contributed by atoms with Crippen molar-refractivity contribution in [3.8, 4) is 11.5 Å². The summed E-state index contributed by atoms with van der Waals surface area (Å²) in [7, 11) is 5.48. The van der Waals surface area contributed by atoms with Crippen LogP contribution in [0.1, 0.15) is 132 Å². The number of nitrogens with one attached hydrogen (secondary N) is 1. The van der Waals surface area contributed by atoms with Gasteiger partial charge >= 0.3 is 0 Å². The van der Waals surface area contributed by atoms with E-state index in [2.05, 4.69) is 61.1 Å². The molecular formula is C52H68Cl4N4O6. The number of fused-ring (bicyclic) bond motifs is 6. The minimum Gasteiger partial charge on any atom is -0.497 e. The smallest absolute Gasteiger partial charge is 0.247 e. The number of aldehydes is 1. The van der Waals surface area contributed by atoms with Gasteiger partial charge in [0, 0.05) is 40.9 Å². The zero-order chi connectivity index (χ0) is 48.8. The van der Waals surface area contributed by atoms with Crippen LogP contribution < -0.4 is 14.8 Å². The predicted octanol–water partition coefficient (Wildman–Crippen LogP) is 11.9. The molecule has 3 aromatic rings. The number of carbonyl (C=O) groups is 4. The molecule has 5 aliphatic rings. The highest BCUT2D eigenvalue weighted by molar-refractivity contribution is 6.42. The van der Waals surface area contributed by atoms with Gasteiger partial charge in [0.1, 0.15) is 23.8 Å². The number of halogens is 4. The van der Waals surface area contributed by atoms with Crippen molar-refractivity contribution in [1.29, 1.82) is 0 Å². The number of rotatable bonds is 7. The minimum absolute atomic E-state index is 0.00440. The largest absolute Gasteiger partial charge is 0.497 e. The fraction of sp³-hybridized carbons (Fsp3) is 0.500. The van der Waals surface area contributed by atoms with Crippen LogP contribution in [0.5, 0.6) is 11.5 Å². The van der Waals surface area contributed by atoms with E-state index in [4.69, 9.17) is 55.9 Å². The molecule has 6 unspecified atom stereocenters. The third-order valence-corrected chi connectivity index (χ3v) is 14.4. The first kappa shape index (κ1) is 54.5. The molecule has 66 heavy (non-hydrogen) atoms. The predicted molar refractivity (Wildman–Crippen MR) is 269 cm³/mol. The fourth-order valence-electron chi connectivity index (χ4n) is 9.45. The molecule has 2 saturated heterocycles. The van der Waals surface area contributed by atoms with Crippen LogP contribution in [0, 0.1) is 5.92 Å². The molecular weight excluding hydrogens is 918 g/mol. The van der Waals surface area contributed by atoms with E-state index in [1.54, 1.807) is 32.4 Å². The average Bonchev–Trinajstić information content (AvgIpc) is 3.46. The molecule has 10 nitrogen and oxygen atoms in total. The molecule has 1 aliphatic carbocycles. The summed E-state index contributed by atoms with van der Waals surface area (Å²) in [6.45, 7) is 16.0. The number of hydrogen-bond donors (Lipinski definition) is 1. The van der Waals surface area contributed by atoms with Crippen LogP contribution in [0.4, 0.5) is 0 Å². The normalized spacial score (nSPS) is 23.0. The number of carbonyl (C=O) groups excluding carboxylic acids is 4. The molecule has 3 aromatic carbocycles. The summed E-state index contributed by atoms with van der Waals surface area (Å²) in [5, 5.41) is 4.81. The van der Waals surface area contributed by atoms with Gasteiger partial charge in [0.15, 0.2) is 0 Å². The Kier molecular flexibility index (Phi) is 21.4. The third kappa shape index (κ3) is 12.5. The number of piperazine rings is 1. The van der Waals surface area contributed by atoms with Crippen LogP contribution >= 0.6 is 46.4 Å². The molecule has 14 heteroatoms. The van der Waals surface area contributed by atoms with E-state index in [1.165, 1.54) is 28.3 Å². The zero-order valence-electron chi connectivity index (χ0n) is 40.2. The van der Waals surface area contributed by atoms with Crippen LogP contribution in [0.2, 0.25) is 10.0 Å². The summed E-state index contributed by atoms with van der Waals surface area (Å²) < 4.78 is 10.9. The Morgan fingerprint density at radius 3 is 2.14 bits per heavy atom. The SMILES string of the molecule is CC.CC.CCCC1C(=O)N2CCc3c(OC)cccc3C2C(C)N1C.COc1ccc2c(c1)CCN1C(=O)C(NC(=O)C3=CC(Cl)=C(Cl)CC3)CCC(C)C21.O=Cc1ccc(Cl)c(Cl)c1. The van der Waals surface area contributed by atoms with Crippen molar-refractivity contribution in [1.82, 2.24) is 20.0 Å². The van der Waals surface area contributed by atoms with Crippen LogP contribution in [0.3, 0.4) is 0 Å². The molecule has 0 radical (unpaired) electrons. The number of ether oxygens (including phenoxy) is 2. The van der Waals surface area contributed by atoms with E-state index in [9.17, 15) is 19.2 Å². The molecule has 8 rings (SSSR count). The highest BCUT2D eigenvalue weighted by Gasteiger charge is 2.46. The first-order valence-corrected chi connectivity index (χ1v) is 24.8. The monoisotopic (exact) mass is 984 g/mol.